The second-order valence-corrected chi connectivity index (χ2v) is 6.61. The first-order valence-corrected chi connectivity index (χ1v) is 8.30. The molecule has 0 aromatic heterocycles. The highest BCUT2D eigenvalue weighted by atomic mass is 79.9. The normalized spacial score (nSPS) is 11.0. The first-order chi connectivity index (χ1) is 12.0. The molecule has 6 heteroatoms. The summed E-state index contributed by atoms with van der Waals surface area (Å²) in [5.74, 6) is -1.45. The summed E-state index contributed by atoms with van der Waals surface area (Å²) < 4.78 is 0.959. The third kappa shape index (κ3) is 3.66. The maximum absolute atomic E-state index is 11.5. The highest BCUT2D eigenvalue weighted by Gasteiger charge is 2.17. The number of halogens is 1. The van der Waals surface area contributed by atoms with Gasteiger partial charge in [-0.1, -0.05) is 40.2 Å². The van der Waals surface area contributed by atoms with Gasteiger partial charge in [0.05, 0.1) is 0 Å². The van der Waals surface area contributed by atoms with Crippen LogP contribution in [0.4, 0.5) is 0 Å². The number of phenols is 1. The Morgan fingerprint density at radius 2 is 1.68 bits per heavy atom. The van der Waals surface area contributed by atoms with Gasteiger partial charge in [-0.2, -0.15) is 0 Å². The molecular weight excluding hydrogens is 388 g/mol. The average Bonchev–Trinajstić information content (AvgIpc) is 2.59. The number of aromatic carboxylic acids is 1. The van der Waals surface area contributed by atoms with Gasteiger partial charge in [-0.3, -0.25) is 5.26 Å². The van der Waals surface area contributed by atoms with Gasteiger partial charge in [0, 0.05) is 9.86 Å². The number of fused-ring (bicyclic) bond motifs is 1. The maximum atomic E-state index is 11.5. The minimum absolute atomic E-state index is 0.00904. The lowest BCUT2D eigenvalue weighted by Crippen LogP contribution is -2.01. The number of hydrogen-bond acceptors (Lipinski definition) is 4. The van der Waals surface area contributed by atoms with Crippen molar-refractivity contribution < 1.29 is 25.2 Å². The molecule has 0 unspecified atom stereocenters. The summed E-state index contributed by atoms with van der Waals surface area (Å²) in [5.41, 5.74) is 2.36. The number of hydrogen-bond donors (Lipinski definition) is 3. The quantitative estimate of drug-likeness (QED) is 0.429. The van der Waals surface area contributed by atoms with Gasteiger partial charge < -0.3 is 10.2 Å². The van der Waals surface area contributed by atoms with E-state index in [1.54, 1.807) is 18.2 Å². The molecule has 0 saturated carbocycles. The molecule has 25 heavy (non-hydrogen) atoms. The van der Waals surface area contributed by atoms with Crippen molar-refractivity contribution in [2.75, 3.05) is 0 Å². The lowest BCUT2D eigenvalue weighted by atomic mass is 9.94. The van der Waals surface area contributed by atoms with Crippen LogP contribution in [0.5, 0.6) is 5.75 Å². The van der Waals surface area contributed by atoms with Gasteiger partial charge in [0.1, 0.15) is 17.9 Å². The number of aromatic hydroxyl groups is 1. The first kappa shape index (κ1) is 17.4. The zero-order valence-electron chi connectivity index (χ0n) is 13.1. The molecule has 0 amide bonds. The molecule has 0 radical (unpaired) electrons. The Morgan fingerprint density at radius 1 is 1.00 bits per heavy atom. The maximum Gasteiger partial charge on any atom is 0.339 e. The standard InChI is InChI=1S/C19H15BrO5/c20-14-4-1-11(2-5-14)7-13-9-17(19(22)23)18(21)15-6-3-12(10-25-24)8-16(13)15/h1-6,8-9,21,24H,7,10H2,(H,22,23). The lowest BCUT2D eigenvalue weighted by molar-refractivity contribution is -0.252. The summed E-state index contributed by atoms with van der Waals surface area (Å²) in [4.78, 5) is 15.6. The Morgan fingerprint density at radius 3 is 2.32 bits per heavy atom. The Hall–Kier alpha value is -2.41. The molecule has 5 nitrogen and oxygen atoms in total. The summed E-state index contributed by atoms with van der Waals surface area (Å²) in [6.45, 7) is 0.00904. The van der Waals surface area contributed by atoms with Crippen LogP contribution in [-0.4, -0.2) is 21.4 Å². The number of carbonyl (C=O) groups is 1. The van der Waals surface area contributed by atoms with Crippen LogP contribution in [0.25, 0.3) is 10.8 Å². The van der Waals surface area contributed by atoms with E-state index in [9.17, 15) is 15.0 Å². The highest BCUT2D eigenvalue weighted by Crippen LogP contribution is 2.34. The van der Waals surface area contributed by atoms with Crippen LogP contribution in [0, 0.1) is 0 Å². The molecule has 3 N–H and O–H groups in total. The smallest absolute Gasteiger partial charge is 0.339 e. The van der Waals surface area contributed by atoms with Gasteiger partial charge in [0.15, 0.2) is 0 Å². The summed E-state index contributed by atoms with van der Waals surface area (Å²) >= 11 is 3.39. The Bertz CT molecular complexity index is 935. The van der Waals surface area contributed by atoms with Crippen molar-refractivity contribution in [1.29, 1.82) is 0 Å². The zero-order valence-corrected chi connectivity index (χ0v) is 14.7. The van der Waals surface area contributed by atoms with Gasteiger partial charge in [-0.05, 0) is 52.8 Å². The fraction of sp³-hybridized carbons (Fsp3) is 0.105. The Kier molecular flexibility index (Phi) is 5.03. The minimum Gasteiger partial charge on any atom is -0.506 e. The molecule has 0 aliphatic rings. The number of benzene rings is 3. The van der Waals surface area contributed by atoms with E-state index in [0.717, 1.165) is 26.5 Å². The molecule has 0 aliphatic carbocycles. The lowest BCUT2D eigenvalue weighted by Gasteiger charge is -2.13. The molecule has 3 aromatic carbocycles. The van der Waals surface area contributed by atoms with Crippen LogP contribution in [0.3, 0.4) is 0 Å². The van der Waals surface area contributed by atoms with Crippen molar-refractivity contribution in [2.45, 2.75) is 13.0 Å². The van der Waals surface area contributed by atoms with Crippen LogP contribution < -0.4 is 0 Å². The minimum atomic E-state index is -1.18. The number of rotatable bonds is 5. The third-order valence-electron chi connectivity index (χ3n) is 4.03. The van der Waals surface area contributed by atoms with Crippen molar-refractivity contribution in [1.82, 2.24) is 0 Å². The molecule has 3 aromatic rings. The van der Waals surface area contributed by atoms with Gasteiger partial charge in [-0.25, -0.2) is 9.68 Å². The van der Waals surface area contributed by atoms with Crippen molar-refractivity contribution >= 4 is 32.7 Å². The van der Waals surface area contributed by atoms with Crippen molar-refractivity contribution in [3.63, 3.8) is 0 Å². The molecule has 0 aliphatic heterocycles. The van der Waals surface area contributed by atoms with E-state index in [0.29, 0.717) is 11.8 Å². The molecule has 0 fully saturated rings. The SMILES string of the molecule is O=C(O)c1cc(Cc2ccc(Br)cc2)c2cc(COO)ccc2c1O. The van der Waals surface area contributed by atoms with Gasteiger partial charge in [0.2, 0.25) is 0 Å². The molecule has 0 heterocycles. The molecule has 0 atom stereocenters. The topological polar surface area (TPSA) is 87.0 Å². The molecular formula is C19H15BrO5. The highest BCUT2D eigenvalue weighted by molar-refractivity contribution is 9.10. The van der Waals surface area contributed by atoms with E-state index >= 15 is 0 Å². The second-order valence-electron chi connectivity index (χ2n) is 5.69. The van der Waals surface area contributed by atoms with E-state index in [4.69, 9.17) is 5.26 Å². The van der Waals surface area contributed by atoms with Crippen LogP contribution in [-0.2, 0) is 17.9 Å². The van der Waals surface area contributed by atoms with Crippen molar-refractivity contribution in [3.05, 3.63) is 75.3 Å². The molecule has 3 rings (SSSR count). The van der Waals surface area contributed by atoms with Crippen LogP contribution in [0.2, 0.25) is 0 Å². The second kappa shape index (κ2) is 7.23. The fourth-order valence-corrected chi connectivity index (χ4v) is 3.09. The molecule has 0 saturated heterocycles. The van der Waals surface area contributed by atoms with E-state index in [1.165, 1.54) is 6.07 Å². The van der Waals surface area contributed by atoms with E-state index in [1.807, 2.05) is 24.3 Å². The van der Waals surface area contributed by atoms with Gasteiger partial charge in [-0.15, -0.1) is 0 Å². The summed E-state index contributed by atoms with van der Waals surface area (Å²) in [6.07, 6.45) is 0.508. The third-order valence-corrected chi connectivity index (χ3v) is 4.56. The zero-order chi connectivity index (χ0) is 18.0. The van der Waals surface area contributed by atoms with Crippen LogP contribution in [0.15, 0.2) is 53.0 Å². The first-order valence-electron chi connectivity index (χ1n) is 7.51. The Balaban J connectivity index is 2.18. The molecule has 128 valence electrons. The fourth-order valence-electron chi connectivity index (χ4n) is 2.82. The molecule has 0 bridgehead atoms. The van der Waals surface area contributed by atoms with Crippen LogP contribution >= 0.6 is 15.9 Å². The van der Waals surface area contributed by atoms with Gasteiger partial charge >= 0.3 is 5.97 Å². The number of carboxylic acid groups (broad SMARTS) is 1. The summed E-state index contributed by atoms with van der Waals surface area (Å²) in [6, 6.07) is 14.3. The van der Waals surface area contributed by atoms with E-state index < -0.39 is 5.97 Å². The summed E-state index contributed by atoms with van der Waals surface area (Å²) in [5, 5.41) is 29.5. The summed E-state index contributed by atoms with van der Waals surface area (Å²) in [7, 11) is 0. The average molecular weight is 403 g/mol. The monoisotopic (exact) mass is 402 g/mol. The predicted octanol–water partition coefficient (Wildman–Crippen LogP) is 4.59. The van der Waals surface area contributed by atoms with Crippen molar-refractivity contribution in [2.24, 2.45) is 0 Å². The predicted molar refractivity (Wildman–Crippen MR) is 96.9 cm³/mol. The van der Waals surface area contributed by atoms with Gasteiger partial charge in [0.25, 0.3) is 0 Å². The Labute approximate surface area is 152 Å². The van der Waals surface area contributed by atoms with E-state index in [2.05, 4.69) is 20.8 Å². The molecule has 0 spiro atoms. The van der Waals surface area contributed by atoms with E-state index in [-0.39, 0.29) is 17.9 Å². The van der Waals surface area contributed by atoms with Crippen molar-refractivity contribution in [3.8, 4) is 5.75 Å². The van der Waals surface area contributed by atoms with Crippen LogP contribution in [0.1, 0.15) is 27.0 Å². The number of carboxylic acids is 1. The largest absolute Gasteiger partial charge is 0.506 e.